The first kappa shape index (κ1) is 14.0. The van der Waals surface area contributed by atoms with Crippen molar-refractivity contribution < 1.29 is 4.74 Å². The third kappa shape index (κ3) is 3.05. The summed E-state index contributed by atoms with van der Waals surface area (Å²) < 4.78 is 5.93. The number of nitrogens with zero attached hydrogens (tertiary/aromatic N) is 4. The van der Waals surface area contributed by atoms with Crippen LogP contribution in [0, 0.1) is 5.92 Å². The summed E-state index contributed by atoms with van der Waals surface area (Å²) in [6.45, 7) is 6.95. The molecule has 1 unspecified atom stereocenters. The molecule has 0 bridgehead atoms. The van der Waals surface area contributed by atoms with Crippen LogP contribution in [-0.4, -0.2) is 40.8 Å². The first-order valence-corrected chi connectivity index (χ1v) is 7.37. The monoisotopic (exact) mass is 287 g/mol. The number of pyridine rings is 1. The lowest BCUT2D eigenvalue weighted by molar-refractivity contribution is 0.0497. The van der Waals surface area contributed by atoms with Gasteiger partial charge in [-0.3, -0.25) is 0 Å². The lowest BCUT2D eigenvalue weighted by atomic mass is 10.2. The summed E-state index contributed by atoms with van der Waals surface area (Å²) in [6.07, 6.45) is 2.85. The van der Waals surface area contributed by atoms with Crippen LogP contribution in [0.25, 0.3) is 11.0 Å². The molecule has 2 aromatic rings. The fraction of sp³-hybridized carbons (Fsp3) is 0.533. The number of fused-ring (bicyclic) bond motifs is 1. The number of anilines is 2. The molecule has 2 aromatic heterocycles. The summed E-state index contributed by atoms with van der Waals surface area (Å²) in [7, 11) is 0. The average molecular weight is 287 g/mol. The van der Waals surface area contributed by atoms with Crippen LogP contribution in [0.2, 0.25) is 0 Å². The van der Waals surface area contributed by atoms with Crippen LogP contribution in [0.1, 0.15) is 20.3 Å². The summed E-state index contributed by atoms with van der Waals surface area (Å²) in [5.74, 6) is 1.96. The van der Waals surface area contributed by atoms with Crippen LogP contribution in [0.4, 0.5) is 11.6 Å². The zero-order valence-corrected chi connectivity index (χ0v) is 12.5. The maximum absolute atomic E-state index is 5.93. The van der Waals surface area contributed by atoms with Crippen LogP contribution >= 0.6 is 0 Å². The number of hydrogen-bond acceptors (Lipinski definition) is 6. The quantitative estimate of drug-likeness (QED) is 0.925. The minimum atomic E-state index is 0.277. The van der Waals surface area contributed by atoms with Gasteiger partial charge in [-0.1, -0.05) is 13.8 Å². The Kier molecular flexibility index (Phi) is 3.88. The Labute approximate surface area is 124 Å². The van der Waals surface area contributed by atoms with Gasteiger partial charge in [0.05, 0.1) is 11.5 Å². The fourth-order valence-electron chi connectivity index (χ4n) is 2.58. The minimum absolute atomic E-state index is 0.277. The molecule has 112 valence electrons. The lowest BCUT2D eigenvalue weighted by Gasteiger charge is -2.19. The smallest absolute Gasteiger partial charge is 0.166 e. The number of nitrogens with two attached hydrogens (primary N) is 1. The van der Waals surface area contributed by atoms with Crippen molar-refractivity contribution in [2.75, 3.05) is 30.3 Å². The molecular formula is C15H21N5O. The molecule has 3 rings (SSSR count). The Hall–Kier alpha value is -1.95. The van der Waals surface area contributed by atoms with Crippen LogP contribution in [0.15, 0.2) is 18.5 Å². The van der Waals surface area contributed by atoms with Crippen LogP contribution in [0.3, 0.4) is 0 Å². The molecule has 6 heteroatoms. The van der Waals surface area contributed by atoms with Gasteiger partial charge in [0.15, 0.2) is 5.65 Å². The summed E-state index contributed by atoms with van der Waals surface area (Å²) in [5, 5.41) is 0.941. The third-order valence-electron chi connectivity index (χ3n) is 3.61. The first-order valence-electron chi connectivity index (χ1n) is 7.37. The van der Waals surface area contributed by atoms with Crippen molar-refractivity contribution in [1.29, 1.82) is 0 Å². The summed E-state index contributed by atoms with van der Waals surface area (Å²) >= 11 is 0. The molecule has 0 radical (unpaired) electrons. The second-order valence-electron chi connectivity index (χ2n) is 5.89. The number of rotatable bonds is 4. The molecule has 1 atom stereocenters. The van der Waals surface area contributed by atoms with E-state index in [1.807, 2.05) is 6.07 Å². The molecule has 0 aliphatic carbocycles. The Bertz CT molecular complexity index is 630. The highest BCUT2D eigenvalue weighted by Crippen LogP contribution is 2.26. The number of hydrogen-bond donors (Lipinski definition) is 1. The first-order chi connectivity index (χ1) is 10.1. The highest BCUT2D eigenvalue weighted by molar-refractivity contribution is 5.87. The van der Waals surface area contributed by atoms with Gasteiger partial charge in [-0.25, -0.2) is 15.0 Å². The van der Waals surface area contributed by atoms with Crippen molar-refractivity contribution in [3.63, 3.8) is 0 Å². The molecule has 1 saturated heterocycles. The van der Waals surface area contributed by atoms with Gasteiger partial charge in [-0.15, -0.1) is 0 Å². The van der Waals surface area contributed by atoms with Gasteiger partial charge in [-0.2, -0.15) is 0 Å². The van der Waals surface area contributed by atoms with Crippen molar-refractivity contribution >= 4 is 22.7 Å². The number of aromatic nitrogens is 3. The van der Waals surface area contributed by atoms with E-state index in [1.165, 1.54) is 0 Å². The van der Waals surface area contributed by atoms with E-state index in [0.717, 1.165) is 37.3 Å². The largest absolute Gasteiger partial charge is 0.384 e. The minimum Gasteiger partial charge on any atom is -0.384 e. The molecule has 21 heavy (non-hydrogen) atoms. The van der Waals surface area contributed by atoms with E-state index in [1.54, 1.807) is 12.4 Å². The van der Waals surface area contributed by atoms with E-state index in [4.69, 9.17) is 10.5 Å². The number of ether oxygens (including phenoxy) is 1. The van der Waals surface area contributed by atoms with Gasteiger partial charge in [0.1, 0.15) is 18.0 Å². The van der Waals surface area contributed by atoms with Crippen molar-refractivity contribution in [2.45, 2.75) is 26.4 Å². The highest BCUT2D eigenvalue weighted by Gasteiger charge is 2.25. The second-order valence-corrected chi connectivity index (χ2v) is 5.89. The van der Waals surface area contributed by atoms with E-state index in [0.29, 0.717) is 17.4 Å². The van der Waals surface area contributed by atoms with Gasteiger partial charge in [0.2, 0.25) is 0 Å². The number of nitrogen functional groups attached to an aromatic ring is 1. The topological polar surface area (TPSA) is 77.2 Å². The molecule has 1 aliphatic rings. The second kappa shape index (κ2) is 5.81. The van der Waals surface area contributed by atoms with Crippen LogP contribution in [0.5, 0.6) is 0 Å². The predicted molar refractivity (Wildman–Crippen MR) is 83.2 cm³/mol. The normalized spacial score (nSPS) is 18.8. The SMILES string of the molecule is CC(C)COC1CCN(c2ncnc3nc(N)ccc23)C1. The summed E-state index contributed by atoms with van der Waals surface area (Å²) in [4.78, 5) is 15.1. The molecule has 6 nitrogen and oxygen atoms in total. The van der Waals surface area contributed by atoms with Crippen molar-refractivity contribution in [3.05, 3.63) is 18.5 Å². The maximum atomic E-state index is 5.93. The Morgan fingerprint density at radius 3 is 3.05 bits per heavy atom. The molecule has 0 saturated carbocycles. The van der Waals surface area contributed by atoms with E-state index in [-0.39, 0.29) is 6.10 Å². The van der Waals surface area contributed by atoms with E-state index >= 15 is 0 Å². The van der Waals surface area contributed by atoms with Crippen molar-refractivity contribution in [1.82, 2.24) is 15.0 Å². The molecule has 0 amide bonds. The zero-order valence-electron chi connectivity index (χ0n) is 12.5. The highest BCUT2D eigenvalue weighted by atomic mass is 16.5. The summed E-state index contributed by atoms with van der Waals surface area (Å²) in [5.41, 5.74) is 6.36. The van der Waals surface area contributed by atoms with E-state index < -0.39 is 0 Å². The molecule has 3 heterocycles. The average Bonchev–Trinajstić information content (AvgIpc) is 2.93. The van der Waals surface area contributed by atoms with E-state index in [2.05, 4.69) is 33.7 Å². The standard InChI is InChI=1S/C15H21N5O/c1-10(2)8-21-11-5-6-20(7-11)15-12-3-4-13(16)19-14(12)17-9-18-15/h3-4,9-11H,5-8H2,1-2H3,(H2,16,17,18,19). The zero-order chi connectivity index (χ0) is 14.8. The van der Waals surface area contributed by atoms with Gasteiger partial charge < -0.3 is 15.4 Å². The molecule has 0 aromatic carbocycles. The van der Waals surface area contributed by atoms with Gasteiger partial charge in [0.25, 0.3) is 0 Å². The van der Waals surface area contributed by atoms with Gasteiger partial charge in [0, 0.05) is 19.7 Å². The maximum Gasteiger partial charge on any atom is 0.166 e. The van der Waals surface area contributed by atoms with Gasteiger partial charge in [-0.05, 0) is 24.5 Å². The fourth-order valence-corrected chi connectivity index (χ4v) is 2.58. The van der Waals surface area contributed by atoms with Gasteiger partial charge >= 0.3 is 0 Å². The third-order valence-corrected chi connectivity index (χ3v) is 3.61. The molecule has 1 aliphatic heterocycles. The predicted octanol–water partition coefficient (Wildman–Crippen LogP) is 1.86. The Morgan fingerprint density at radius 2 is 2.24 bits per heavy atom. The Balaban J connectivity index is 1.79. The molecule has 1 fully saturated rings. The molecule has 2 N–H and O–H groups in total. The summed E-state index contributed by atoms with van der Waals surface area (Å²) in [6, 6.07) is 3.73. The molecule has 0 spiro atoms. The lowest BCUT2D eigenvalue weighted by Crippen LogP contribution is -2.25. The molecular weight excluding hydrogens is 266 g/mol. The van der Waals surface area contributed by atoms with Crippen molar-refractivity contribution in [2.24, 2.45) is 5.92 Å². The van der Waals surface area contributed by atoms with E-state index in [9.17, 15) is 0 Å². The van der Waals surface area contributed by atoms with Crippen LogP contribution in [-0.2, 0) is 4.74 Å². The Morgan fingerprint density at radius 1 is 1.38 bits per heavy atom. The van der Waals surface area contributed by atoms with Crippen molar-refractivity contribution in [3.8, 4) is 0 Å². The van der Waals surface area contributed by atoms with Crippen LogP contribution < -0.4 is 10.6 Å².